The second kappa shape index (κ2) is 23.0. The summed E-state index contributed by atoms with van der Waals surface area (Å²) < 4.78 is 14.3. The van der Waals surface area contributed by atoms with Crippen LogP contribution in [0.1, 0.15) is 102 Å². The zero-order valence-electron chi connectivity index (χ0n) is 31.4. The van der Waals surface area contributed by atoms with Crippen molar-refractivity contribution in [3.05, 3.63) is 131 Å². The largest absolute Gasteiger partial charge is 0.367 e. The maximum atomic E-state index is 14.3. The van der Waals surface area contributed by atoms with E-state index in [1.165, 1.54) is 46.2 Å². The van der Waals surface area contributed by atoms with Crippen LogP contribution in [0.15, 0.2) is 92.0 Å². The lowest BCUT2D eigenvalue weighted by molar-refractivity contribution is 0.249. The molecule has 0 atom stereocenters. The maximum absolute atomic E-state index is 14.3. The lowest BCUT2D eigenvalue weighted by Gasteiger charge is -2.36. The Morgan fingerprint density at radius 3 is 1.98 bits per heavy atom. The molecule has 3 heteroatoms. The standard InChI is InChI=1S/C31H37FN2.C8H16.C3H6.C2H6/c1-5-28-27(7-6-8-29(28)23(2)3)15-14-25-10-12-26(13-11-25)22-33-17-19-34(20-18-33)31-16-9-24(4)21-30(31)32;1-7(2)5-6-8(3)4;1-3-2;1-2/h6-13,16,21H,2,5,14-15,17-20,22H2,1,3-4H3;8H,1,5-6H2,2-4H3;3H,1H2,2H3;1-2H3. The maximum Gasteiger partial charge on any atom is 0.146 e. The molecule has 0 N–H and O–H groups in total. The van der Waals surface area contributed by atoms with Gasteiger partial charge in [-0.3, -0.25) is 4.90 Å². The Balaban J connectivity index is 0.000000727. The molecule has 3 aromatic carbocycles. The molecule has 1 saturated heterocycles. The molecule has 1 heterocycles. The Morgan fingerprint density at radius 1 is 0.894 bits per heavy atom. The molecule has 4 rings (SSSR count). The van der Waals surface area contributed by atoms with Crippen LogP contribution < -0.4 is 4.90 Å². The van der Waals surface area contributed by atoms with Crippen LogP contribution in [0, 0.1) is 18.7 Å². The molecule has 0 unspecified atom stereocenters. The molecule has 1 aliphatic heterocycles. The lowest BCUT2D eigenvalue weighted by atomic mass is 9.92. The Hall–Kier alpha value is -3.43. The Kier molecular flexibility index (Phi) is 20.3. The minimum Gasteiger partial charge on any atom is -0.367 e. The van der Waals surface area contributed by atoms with Gasteiger partial charge in [0.2, 0.25) is 0 Å². The number of aryl methyl sites for hydroxylation is 3. The van der Waals surface area contributed by atoms with Gasteiger partial charge in [-0.15, -0.1) is 13.2 Å². The minimum absolute atomic E-state index is 0.110. The fourth-order valence-electron chi connectivity index (χ4n) is 5.59. The van der Waals surface area contributed by atoms with Gasteiger partial charge < -0.3 is 4.90 Å². The number of hydrogen-bond acceptors (Lipinski definition) is 2. The van der Waals surface area contributed by atoms with Gasteiger partial charge in [-0.05, 0) is 111 Å². The van der Waals surface area contributed by atoms with E-state index in [1.807, 2.05) is 39.8 Å². The summed E-state index contributed by atoms with van der Waals surface area (Å²) in [6.45, 7) is 34.6. The minimum atomic E-state index is -0.110. The molecule has 0 aliphatic carbocycles. The van der Waals surface area contributed by atoms with E-state index in [1.54, 1.807) is 12.1 Å². The van der Waals surface area contributed by atoms with Crippen molar-refractivity contribution in [3.8, 4) is 0 Å². The Labute approximate surface area is 289 Å². The number of hydrogen-bond donors (Lipinski definition) is 0. The molecule has 0 bridgehead atoms. The van der Waals surface area contributed by atoms with Gasteiger partial charge in [-0.25, -0.2) is 4.39 Å². The van der Waals surface area contributed by atoms with Gasteiger partial charge in [0.05, 0.1) is 5.69 Å². The second-order valence-electron chi connectivity index (χ2n) is 12.9. The van der Waals surface area contributed by atoms with E-state index >= 15 is 0 Å². The first-order valence-electron chi connectivity index (χ1n) is 17.8. The van der Waals surface area contributed by atoms with Gasteiger partial charge in [0.15, 0.2) is 0 Å². The molecule has 258 valence electrons. The topological polar surface area (TPSA) is 6.48 Å². The van der Waals surface area contributed by atoms with Crippen molar-refractivity contribution in [1.82, 2.24) is 4.90 Å². The third kappa shape index (κ3) is 15.3. The third-order valence-electron chi connectivity index (χ3n) is 8.16. The van der Waals surface area contributed by atoms with Gasteiger partial charge in [0, 0.05) is 32.7 Å². The fourth-order valence-corrected chi connectivity index (χ4v) is 5.59. The van der Waals surface area contributed by atoms with E-state index in [2.05, 4.69) is 107 Å². The van der Waals surface area contributed by atoms with Crippen LogP contribution in [0.25, 0.3) is 5.57 Å². The third-order valence-corrected chi connectivity index (χ3v) is 8.16. The molecule has 0 aromatic heterocycles. The molecule has 0 saturated carbocycles. The molecule has 2 nitrogen and oxygen atoms in total. The summed E-state index contributed by atoms with van der Waals surface area (Å²) in [5, 5.41) is 0. The number of rotatable bonds is 11. The van der Waals surface area contributed by atoms with Gasteiger partial charge in [-0.2, -0.15) is 0 Å². The number of allylic oxidation sites excluding steroid dienone is 3. The number of halogens is 1. The molecule has 1 fully saturated rings. The molecule has 0 spiro atoms. The molecule has 47 heavy (non-hydrogen) atoms. The van der Waals surface area contributed by atoms with E-state index in [9.17, 15) is 4.39 Å². The SMILES string of the molecule is C=C(C)CCC(C)C.C=C(C)c1cccc(CCc2ccc(CN3CCN(c4ccc(C)cc4F)CC3)cc2)c1CC.C=CC.CC. The molecule has 1 aliphatic rings. The van der Waals surface area contributed by atoms with Crippen LogP contribution >= 0.6 is 0 Å². The number of piperazine rings is 1. The highest BCUT2D eigenvalue weighted by Crippen LogP contribution is 2.24. The second-order valence-corrected chi connectivity index (χ2v) is 12.9. The highest BCUT2D eigenvalue weighted by atomic mass is 19.1. The Bertz CT molecular complexity index is 1340. The number of anilines is 1. The molecule has 0 amide bonds. The van der Waals surface area contributed by atoms with E-state index in [-0.39, 0.29) is 5.82 Å². The summed E-state index contributed by atoms with van der Waals surface area (Å²) >= 11 is 0. The monoisotopic (exact) mass is 641 g/mol. The van der Waals surface area contributed by atoms with Gasteiger partial charge in [0.25, 0.3) is 0 Å². The smallest absolute Gasteiger partial charge is 0.146 e. The summed E-state index contributed by atoms with van der Waals surface area (Å²) in [5.74, 6) is 0.716. The van der Waals surface area contributed by atoms with Crippen LogP contribution in [0.5, 0.6) is 0 Å². The van der Waals surface area contributed by atoms with Crippen molar-refractivity contribution < 1.29 is 4.39 Å². The zero-order chi connectivity index (χ0) is 35.4. The van der Waals surface area contributed by atoms with Gasteiger partial charge in [0.1, 0.15) is 5.82 Å². The summed E-state index contributed by atoms with van der Waals surface area (Å²) in [7, 11) is 0. The molecular formula is C44H65FN2. The normalized spacial score (nSPS) is 12.5. The van der Waals surface area contributed by atoms with Crippen LogP contribution in [0.3, 0.4) is 0 Å². The predicted octanol–water partition coefficient (Wildman–Crippen LogP) is 12.1. The predicted molar refractivity (Wildman–Crippen MR) is 209 cm³/mol. The fraction of sp³-hybridized carbons (Fsp3) is 0.455. The molecule has 0 radical (unpaired) electrons. The van der Waals surface area contributed by atoms with Crippen molar-refractivity contribution >= 4 is 11.3 Å². The van der Waals surface area contributed by atoms with Crippen molar-refractivity contribution in [2.75, 3.05) is 31.1 Å². The first-order chi connectivity index (χ1) is 22.5. The summed E-state index contributed by atoms with van der Waals surface area (Å²) in [6, 6.07) is 21.3. The highest BCUT2D eigenvalue weighted by Gasteiger charge is 2.19. The van der Waals surface area contributed by atoms with Crippen LogP contribution in [0.2, 0.25) is 0 Å². The van der Waals surface area contributed by atoms with E-state index in [4.69, 9.17) is 0 Å². The number of benzene rings is 3. The average molecular weight is 641 g/mol. The van der Waals surface area contributed by atoms with Crippen molar-refractivity contribution in [2.45, 2.75) is 101 Å². The van der Waals surface area contributed by atoms with Crippen LogP contribution in [0.4, 0.5) is 10.1 Å². The lowest BCUT2D eigenvalue weighted by Crippen LogP contribution is -2.46. The molecular weight excluding hydrogens is 575 g/mol. The quantitative estimate of drug-likeness (QED) is 0.192. The summed E-state index contributed by atoms with van der Waals surface area (Å²) in [6.07, 6.45) is 7.38. The molecule has 3 aromatic rings. The van der Waals surface area contributed by atoms with E-state index in [0.717, 1.165) is 74.7 Å². The van der Waals surface area contributed by atoms with Gasteiger partial charge in [-0.1, -0.05) is 107 Å². The van der Waals surface area contributed by atoms with E-state index in [0.29, 0.717) is 0 Å². The summed E-state index contributed by atoms with van der Waals surface area (Å²) in [5.41, 5.74) is 11.1. The van der Waals surface area contributed by atoms with Crippen molar-refractivity contribution in [1.29, 1.82) is 0 Å². The van der Waals surface area contributed by atoms with E-state index < -0.39 is 0 Å². The zero-order valence-corrected chi connectivity index (χ0v) is 31.4. The van der Waals surface area contributed by atoms with Gasteiger partial charge >= 0.3 is 0 Å². The average Bonchev–Trinajstić information content (AvgIpc) is 3.05. The first-order valence-corrected chi connectivity index (χ1v) is 17.8. The van der Waals surface area contributed by atoms with Crippen LogP contribution in [-0.4, -0.2) is 31.1 Å². The van der Waals surface area contributed by atoms with Crippen molar-refractivity contribution in [2.24, 2.45) is 5.92 Å². The number of nitrogens with zero attached hydrogens (tertiary/aromatic N) is 2. The highest BCUT2D eigenvalue weighted by molar-refractivity contribution is 5.66. The summed E-state index contributed by atoms with van der Waals surface area (Å²) in [4.78, 5) is 4.63. The van der Waals surface area contributed by atoms with Crippen LogP contribution in [-0.2, 0) is 25.8 Å². The Morgan fingerprint density at radius 2 is 1.49 bits per heavy atom. The van der Waals surface area contributed by atoms with Crippen molar-refractivity contribution in [3.63, 3.8) is 0 Å². The first kappa shape index (κ1) is 41.6.